The number of carbonyl (C=O) groups excluding carboxylic acids is 1. The van der Waals surface area contributed by atoms with Crippen LogP contribution < -0.4 is 10.0 Å². The number of carbonyl (C=O) groups is 1. The lowest BCUT2D eigenvalue weighted by Gasteiger charge is -2.20. The van der Waals surface area contributed by atoms with Crippen LogP contribution in [0.25, 0.3) is 0 Å². The minimum atomic E-state index is -3.54. The van der Waals surface area contributed by atoms with E-state index in [0.717, 1.165) is 18.7 Å². The third kappa shape index (κ3) is 3.02. The fourth-order valence-corrected chi connectivity index (χ4v) is 4.54. The maximum atomic E-state index is 12.6. The first-order valence-corrected chi connectivity index (χ1v) is 8.97. The normalized spacial score (nSPS) is 25.8. The summed E-state index contributed by atoms with van der Waals surface area (Å²) in [7, 11) is -1.54. The van der Waals surface area contributed by atoms with E-state index >= 15 is 0 Å². The summed E-state index contributed by atoms with van der Waals surface area (Å²) in [6, 6.07) is 4.83. The predicted molar refractivity (Wildman–Crippen MR) is 84.2 cm³/mol. The molecule has 1 aromatic rings. The van der Waals surface area contributed by atoms with Gasteiger partial charge in [0.2, 0.25) is 15.9 Å². The summed E-state index contributed by atoms with van der Waals surface area (Å²) in [6.07, 6.45) is 0.974. The first-order chi connectivity index (χ1) is 10.3. The molecule has 0 radical (unpaired) electrons. The van der Waals surface area contributed by atoms with Crippen LogP contribution in [0.5, 0.6) is 0 Å². The zero-order chi connectivity index (χ0) is 15.9. The number of hydrogen-bond acceptors (Lipinski definition) is 4. The Morgan fingerprint density at radius 3 is 2.73 bits per heavy atom. The zero-order valence-electron chi connectivity index (χ0n) is 12.8. The van der Waals surface area contributed by atoms with Gasteiger partial charge < -0.3 is 10.2 Å². The topological polar surface area (TPSA) is 78.5 Å². The highest BCUT2D eigenvalue weighted by atomic mass is 32.2. The Labute approximate surface area is 130 Å². The summed E-state index contributed by atoms with van der Waals surface area (Å²) in [5.74, 6) is 0.265. The quantitative estimate of drug-likeness (QED) is 0.862. The number of aryl methyl sites for hydroxylation is 1. The van der Waals surface area contributed by atoms with Crippen molar-refractivity contribution in [3.8, 4) is 0 Å². The average Bonchev–Trinajstić information content (AvgIpc) is 2.75. The van der Waals surface area contributed by atoms with E-state index in [4.69, 9.17) is 0 Å². The van der Waals surface area contributed by atoms with E-state index in [1.54, 1.807) is 18.2 Å². The number of benzene rings is 1. The van der Waals surface area contributed by atoms with Crippen molar-refractivity contribution in [2.24, 2.45) is 5.92 Å². The van der Waals surface area contributed by atoms with E-state index in [1.165, 1.54) is 0 Å². The van der Waals surface area contributed by atoms with Crippen LogP contribution in [0.15, 0.2) is 23.1 Å². The van der Waals surface area contributed by atoms with Crippen molar-refractivity contribution in [3.63, 3.8) is 0 Å². The van der Waals surface area contributed by atoms with Gasteiger partial charge in [-0.05, 0) is 43.1 Å². The van der Waals surface area contributed by atoms with Gasteiger partial charge in [0, 0.05) is 31.2 Å². The van der Waals surface area contributed by atoms with Crippen molar-refractivity contribution < 1.29 is 13.2 Å². The number of sulfonamides is 1. The Hall–Kier alpha value is -1.44. The van der Waals surface area contributed by atoms with Gasteiger partial charge in [0.15, 0.2) is 0 Å². The number of likely N-dealkylation sites (tertiary alicyclic amines) is 1. The molecule has 2 N–H and O–H groups in total. The molecular weight excluding hydrogens is 302 g/mol. The molecule has 0 aromatic heterocycles. The van der Waals surface area contributed by atoms with Crippen LogP contribution in [0.3, 0.4) is 0 Å². The molecule has 2 atom stereocenters. The highest BCUT2D eigenvalue weighted by Crippen LogP contribution is 2.26. The first-order valence-electron chi connectivity index (χ1n) is 7.49. The fraction of sp³-hybridized carbons (Fsp3) is 0.533. The van der Waals surface area contributed by atoms with Crippen LogP contribution in [0.4, 0.5) is 5.69 Å². The molecule has 2 aliphatic rings. The Kier molecular flexibility index (Phi) is 3.96. The van der Waals surface area contributed by atoms with Gasteiger partial charge in [0.05, 0.1) is 4.90 Å². The number of hydrogen-bond donors (Lipinski definition) is 2. The van der Waals surface area contributed by atoms with E-state index in [2.05, 4.69) is 21.9 Å². The summed E-state index contributed by atoms with van der Waals surface area (Å²) in [5.41, 5.74) is 1.59. The van der Waals surface area contributed by atoms with Crippen molar-refractivity contribution in [2.75, 3.05) is 25.5 Å². The van der Waals surface area contributed by atoms with Crippen molar-refractivity contribution in [3.05, 3.63) is 23.8 Å². The lowest BCUT2D eigenvalue weighted by atomic mass is 10.0. The van der Waals surface area contributed by atoms with Gasteiger partial charge in [-0.15, -0.1) is 0 Å². The fourth-order valence-electron chi connectivity index (χ4n) is 3.16. The first kappa shape index (κ1) is 15.5. The summed E-state index contributed by atoms with van der Waals surface area (Å²) < 4.78 is 28.0. The summed E-state index contributed by atoms with van der Waals surface area (Å²) in [4.78, 5) is 13.8. The Bertz CT molecular complexity index is 702. The number of likely N-dealkylation sites (N-methyl/N-ethyl adjacent to an activating group) is 1. The molecule has 2 aliphatic heterocycles. The monoisotopic (exact) mass is 323 g/mol. The van der Waals surface area contributed by atoms with E-state index in [-0.39, 0.29) is 22.8 Å². The number of fused-ring (bicyclic) bond motifs is 1. The average molecular weight is 323 g/mol. The third-order valence-electron chi connectivity index (χ3n) is 4.38. The lowest BCUT2D eigenvalue weighted by molar-refractivity contribution is -0.116. The molecule has 1 aromatic carbocycles. The third-order valence-corrected chi connectivity index (χ3v) is 5.87. The molecule has 6 nitrogen and oxygen atoms in total. The lowest BCUT2D eigenvalue weighted by Crippen LogP contribution is -2.39. The molecule has 1 amide bonds. The summed E-state index contributed by atoms with van der Waals surface area (Å²) in [6.45, 7) is 3.67. The Balaban J connectivity index is 1.82. The maximum absolute atomic E-state index is 12.6. The SMILES string of the molecule is C[C@@H]1CN(C)C[C@H]1NS(=O)(=O)c1ccc2c(c1)CCC(=O)N2. The molecule has 0 bridgehead atoms. The van der Waals surface area contributed by atoms with Crippen LogP contribution >= 0.6 is 0 Å². The minimum absolute atomic E-state index is 0.0240. The minimum Gasteiger partial charge on any atom is -0.326 e. The number of nitrogens with one attached hydrogen (secondary N) is 2. The Morgan fingerprint density at radius 2 is 2.05 bits per heavy atom. The van der Waals surface area contributed by atoms with Gasteiger partial charge in [0.1, 0.15) is 0 Å². The van der Waals surface area contributed by atoms with Gasteiger partial charge >= 0.3 is 0 Å². The highest BCUT2D eigenvalue weighted by Gasteiger charge is 2.31. The number of rotatable bonds is 3. The standard InChI is InChI=1S/C15H21N3O3S/c1-10-8-18(2)9-14(10)17-22(20,21)12-4-5-13-11(7-12)3-6-15(19)16-13/h4-5,7,10,14,17H,3,6,8-9H2,1-2H3,(H,16,19)/t10-,14-/m1/s1. The highest BCUT2D eigenvalue weighted by molar-refractivity contribution is 7.89. The maximum Gasteiger partial charge on any atom is 0.240 e. The van der Waals surface area contributed by atoms with Gasteiger partial charge in [-0.3, -0.25) is 4.79 Å². The molecule has 0 unspecified atom stereocenters. The van der Waals surface area contributed by atoms with E-state index in [9.17, 15) is 13.2 Å². The molecule has 3 rings (SSSR count). The number of nitrogens with zero attached hydrogens (tertiary/aromatic N) is 1. The second kappa shape index (κ2) is 5.64. The van der Waals surface area contributed by atoms with Crippen molar-refractivity contribution in [1.82, 2.24) is 9.62 Å². The second-order valence-electron chi connectivity index (χ2n) is 6.29. The van der Waals surface area contributed by atoms with Crippen molar-refractivity contribution in [1.29, 1.82) is 0 Å². The largest absolute Gasteiger partial charge is 0.326 e. The molecule has 0 aliphatic carbocycles. The number of amides is 1. The zero-order valence-corrected chi connectivity index (χ0v) is 13.6. The van der Waals surface area contributed by atoms with Crippen LogP contribution in [-0.4, -0.2) is 45.4 Å². The number of anilines is 1. The molecule has 1 saturated heterocycles. The smallest absolute Gasteiger partial charge is 0.240 e. The molecule has 0 spiro atoms. The van der Waals surface area contributed by atoms with Gasteiger partial charge in [-0.25, -0.2) is 13.1 Å². The van der Waals surface area contributed by atoms with Crippen LogP contribution in [-0.2, 0) is 21.2 Å². The predicted octanol–water partition coefficient (Wildman–Crippen LogP) is 0.800. The summed E-state index contributed by atoms with van der Waals surface area (Å²) >= 11 is 0. The molecule has 22 heavy (non-hydrogen) atoms. The van der Waals surface area contributed by atoms with Crippen LogP contribution in [0.1, 0.15) is 18.9 Å². The molecule has 120 valence electrons. The van der Waals surface area contributed by atoms with Crippen molar-refractivity contribution >= 4 is 21.6 Å². The molecule has 0 saturated carbocycles. The molecule has 2 heterocycles. The molecule has 7 heteroatoms. The molecular formula is C15H21N3O3S. The van der Waals surface area contributed by atoms with E-state index in [1.807, 2.05) is 7.05 Å². The second-order valence-corrected chi connectivity index (χ2v) is 8.01. The van der Waals surface area contributed by atoms with Crippen molar-refractivity contribution in [2.45, 2.75) is 30.7 Å². The summed E-state index contributed by atoms with van der Waals surface area (Å²) in [5, 5.41) is 2.76. The van der Waals surface area contributed by atoms with Gasteiger partial charge in [-0.2, -0.15) is 0 Å². The van der Waals surface area contributed by atoms with E-state index < -0.39 is 10.0 Å². The van der Waals surface area contributed by atoms with Crippen LogP contribution in [0.2, 0.25) is 0 Å². The Morgan fingerprint density at radius 1 is 1.27 bits per heavy atom. The van der Waals surface area contributed by atoms with E-state index in [0.29, 0.717) is 18.5 Å². The molecule has 1 fully saturated rings. The van der Waals surface area contributed by atoms with Crippen LogP contribution in [0, 0.1) is 5.92 Å². The van der Waals surface area contributed by atoms with Gasteiger partial charge in [-0.1, -0.05) is 6.92 Å². The van der Waals surface area contributed by atoms with Gasteiger partial charge in [0.25, 0.3) is 0 Å².